The lowest BCUT2D eigenvalue weighted by molar-refractivity contribution is 0.309. The van der Waals surface area contributed by atoms with Crippen LogP contribution >= 0.6 is 23.6 Å². The first-order chi connectivity index (χ1) is 13.1. The molecule has 140 valence electrons. The number of nitrogens with zero attached hydrogens (tertiary/aromatic N) is 1. The minimum atomic E-state index is 0.222. The second kappa shape index (κ2) is 7.82. The van der Waals surface area contributed by atoms with Gasteiger partial charge in [0.05, 0.1) is 15.8 Å². The number of anilines is 1. The minimum absolute atomic E-state index is 0.222. The molecule has 0 saturated heterocycles. The minimum Gasteiger partial charge on any atom is -0.507 e. The van der Waals surface area contributed by atoms with Crippen molar-refractivity contribution in [3.05, 3.63) is 42.5 Å². The first-order valence-corrected chi connectivity index (χ1v) is 10.6. The number of hydrogen-bond acceptors (Lipinski definition) is 4. The fourth-order valence-corrected chi connectivity index (χ4v) is 4.90. The number of fused-ring (bicyclic) bond motifs is 1. The van der Waals surface area contributed by atoms with Crippen molar-refractivity contribution in [1.29, 1.82) is 0 Å². The van der Waals surface area contributed by atoms with E-state index in [1.165, 1.54) is 19.3 Å². The van der Waals surface area contributed by atoms with Crippen molar-refractivity contribution in [1.82, 2.24) is 10.3 Å². The maximum absolute atomic E-state index is 10.3. The molecule has 0 amide bonds. The van der Waals surface area contributed by atoms with Gasteiger partial charge in [-0.3, -0.25) is 0 Å². The molecule has 0 radical (unpaired) electrons. The molecule has 1 aliphatic carbocycles. The maximum atomic E-state index is 10.3. The van der Waals surface area contributed by atoms with E-state index in [1.807, 2.05) is 36.4 Å². The molecule has 0 unspecified atom stereocenters. The van der Waals surface area contributed by atoms with Gasteiger partial charge in [-0.15, -0.1) is 11.3 Å². The standard InChI is InChI=1S/C21H23N3OS2/c1-13-6-2-3-7-16(13)24-21(26)22-14-10-11-18(25)15(12-14)20-23-17-8-4-5-9-19(17)27-20/h4-5,8-13,16,25H,2-3,6-7H2,1H3,(H2,22,24,26)/t13-,16+/m1/s1. The lowest BCUT2D eigenvalue weighted by atomic mass is 9.86. The number of thiazole rings is 1. The summed E-state index contributed by atoms with van der Waals surface area (Å²) in [4.78, 5) is 4.65. The van der Waals surface area contributed by atoms with Gasteiger partial charge in [0, 0.05) is 11.7 Å². The van der Waals surface area contributed by atoms with Crippen molar-refractivity contribution in [2.24, 2.45) is 5.92 Å². The molecule has 0 bridgehead atoms. The van der Waals surface area contributed by atoms with Gasteiger partial charge in [-0.2, -0.15) is 0 Å². The molecule has 1 aliphatic rings. The predicted octanol–water partition coefficient (Wildman–Crippen LogP) is 5.53. The maximum Gasteiger partial charge on any atom is 0.171 e. The topological polar surface area (TPSA) is 57.2 Å². The molecule has 0 aliphatic heterocycles. The second-order valence-electron chi connectivity index (χ2n) is 7.19. The SMILES string of the molecule is C[C@@H]1CCCC[C@@H]1NC(=S)Nc1ccc(O)c(-c2nc3ccccc3s2)c1. The summed E-state index contributed by atoms with van der Waals surface area (Å²) in [6.45, 7) is 2.28. The van der Waals surface area contributed by atoms with Crippen LogP contribution in [0.1, 0.15) is 32.6 Å². The Morgan fingerprint density at radius 2 is 2.00 bits per heavy atom. The third kappa shape index (κ3) is 4.06. The number of hydrogen-bond donors (Lipinski definition) is 3. The number of para-hydroxylation sites is 1. The van der Waals surface area contributed by atoms with E-state index >= 15 is 0 Å². The van der Waals surface area contributed by atoms with Crippen LogP contribution in [-0.4, -0.2) is 21.2 Å². The number of rotatable bonds is 3. The Morgan fingerprint density at radius 3 is 2.81 bits per heavy atom. The largest absolute Gasteiger partial charge is 0.507 e. The van der Waals surface area contributed by atoms with Gasteiger partial charge in [-0.25, -0.2) is 4.98 Å². The molecule has 0 spiro atoms. The van der Waals surface area contributed by atoms with Gasteiger partial charge >= 0.3 is 0 Å². The van der Waals surface area contributed by atoms with Gasteiger partial charge in [-0.05, 0) is 61.3 Å². The van der Waals surface area contributed by atoms with Crippen molar-refractivity contribution >= 4 is 44.6 Å². The van der Waals surface area contributed by atoms with Gasteiger partial charge in [0.25, 0.3) is 0 Å². The summed E-state index contributed by atoms with van der Waals surface area (Å²) in [6, 6.07) is 13.9. The molecule has 1 fully saturated rings. The lowest BCUT2D eigenvalue weighted by Gasteiger charge is -2.30. The normalized spacial score (nSPS) is 19.7. The fourth-order valence-electron chi connectivity index (χ4n) is 3.64. The number of benzene rings is 2. The Balaban J connectivity index is 1.52. The van der Waals surface area contributed by atoms with Crippen LogP contribution in [-0.2, 0) is 0 Å². The fraction of sp³-hybridized carbons (Fsp3) is 0.333. The van der Waals surface area contributed by atoms with Gasteiger partial charge < -0.3 is 15.7 Å². The number of phenolic OH excluding ortho intramolecular Hbond substituents is 1. The summed E-state index contributed by atoms with van der Waals surface area (Å²) in [6.07, 6.45) is 4.98. The average molecular weight is 398 g/mol. The molecule has 4 rings (SSSR count). The molecular formula is C21H23N3OS2. The van der Waals surface area contributed by atoms with E-state index in [1.54, 1.807) is 17.4 Å². The summed E-state index contributed by atoms with van der Waals surface area (Å²) in [5, 5.41) is 18.5. The van der Waals surface area contributed by atoms with Crippen molar-refractivity contribution in [2.45, 2.75) is 38.6 Å². The van der Waals surface area contributed by atoms with Gasteiger partial charge in [-0.1, -0.05) is 31.9 Å². The molecule has 2 atom stereocenters. The number of aromatic hydroxyl groups is 1. The molecule has 2 aromatic carbocycles. The quantitative estimate of drug-likeness (QED) is 0.400. The number of nitrogens with one attached hydrogen (secondary N) is 2. The van der Waals surface area contributed by atoms with Crippen LogP contribution in [0.25, 0.3) is 20.8 Å². The van der Waals surface area contributed by atoms with Crippen molar-refractivity contribution in [3.63, 3.8) is 0 Å². The van der Waals surface area contributed by atoms with E-state index in [-0.39, 0.29) is 5.75 Å². The van der Waals surface area contributed by atoms with Crippen LogP contribution in [0.15, 0.2) is 42.5 Å². The zero-order valence-electron chi connectivity index (χ0n) is 15.2. The summed E-state index contributed by atoms with van der Waals surface area (Å²) in [5.74, 6) is 0.857. The third-order valence-corrected chi connectivity index (χ3v) is 6.50. The van der Waals surface area contributed by atoms with E-state index in [2.05, 4.69) is 22.5 Å². The molecule has 1 heterocycles. The smallest absolute Gasteiger partial charge is 0.171 e. The van der Waals surface area contributed by atoms with Crippen LogP contribution in [0.5, 0.6) is 5.75 Å². The third-order valence-electron chi connectivity index (χ3n) is 5.21. The molecule has 27 heavy (non-hydrogen) atoms. The number of phenols is 1. The van der Waals surface area contributed by atoms with Crippen molar-refractivity contribution in [3.8, 4) is 16.3 Å². The van der Waals surface area contributed by atoms with Crippen LogP contribution in [0, 0.1) is 5.92 Å². The van der Waals surface area contributed by atoms with E-state index in [9.17, 15) is 5.11 Å². The summed E-state index contributed by atoms with van der Waals surface area (Å²) in [7, 11) is 0. The van der Waals surface area contributed by atoms with Crippen molar-refractivity contribution < 1.29 is 5.11 Å². The monoisotopic (exact) mass is 397 g/mol. The Hall–Kier alpha value is -2.18. The number of thiocarbonyl (C=S) groups is 1. The molecule has 6 heteroatoms. The Morgan fingerprint density at radius 1 is 1.19 bits per heavy atom. The molecule has 1 aromatic heterocycles. The number of aromatic nitrogens is 1. The summed E-state index contributed by atoms with van der Waals surface area (Å²) < 4.78 is 1.11. The van der Waals surface area contributed by atoms with E-state index in [4.69, 9.17) is 12.2 Å². The Kier molecular flexibility index (Phi) is 5.27. The summed E-state index contributed by atoms with van der Waals surface area (Å²) in [5.41, 5.74) is 2.51. The highest BCUT2D eigenvalue weighted by Gasteiger charge is 2.21. The molecule has 3 aromatic rings. The first kappa shape index (κ1) is 18.2. The van der Waals surface area contributed by atoms with Crippen molar-refractivity contribution in [2.75, 3.05) is 5.32 Å². The van der Waals surface area contributed by atoms with Crippen LogP contribution in [0.2, 0.25) is 0 Å². The zero-order valence-corrected chi connectivity index (χ0v) is 16.9. The highest BCUT2D eigenvalue weighted by Crippen LogP contribution is 2.36. The van der Waals surface area contributed by atoms with Crippen LogP contribution in [0.4, 0.5) is 5.69 Å². The zero-order chi connectivity index (χ0) is 18.8. The summed E-state index contributed by atoms with van der Waals surface area (Å²) >= 11 is 7.09. The highest BCUT2D eigenvalue weighted by molar-refractivity contribution is 7.80. The highest BCUT2D eigenvalue weighted by atomic mass is 32.1. The average Bonchev–Trinajstić information content (AvgIpc) is 3.09. The second-order valence-corrected chi connectivity index (χ2v) is 8.62. The lowest BCUT2D eigenvalue weighted by Crippen LogP contribution is -2.43. The van der Waals surface area contributed by atoms with Gasteiger partial charge in [0.1, 0.15) is 10.8 Å². The molecule has 4 nitrogen and oxygen atoms in total. The van der Waals surface area contributed by atoms with Gasteiger partial charge in [0.15, 0.2) is 5.11 Å². The molecule has 3 N–H and O–H groups in total. The Bertz CT molecular complexity index is 936. The van der Waals surface area contributed by atoms with Gasteiger partial charge in [0.2, 0.25) is 0 Å². The van der Waals surface area contributed by atoms with E-state index in [0.29, 0.717) is 17.1 Å². The molecular weight excluding hydrogens is 374 g/mol. The Labute approximate surface area is 168 Å². The van der Waals surface area contributed by atoms with E-state index < -0.39 is 0 Å². The van der Waals surface area contributed by atoms with Crippen LogP contribution in [0.3, 0.4) is 0 Å². The first-order valence-electron chi connectivity index (χ1n) is 9.36. The van der Waals surface area contributed by atoms with Crippen LogP contribution < -0.4 is 10.6 Å². The predicted molar refractivity (Wildman–Crippen MR) is 117 cm³/mol. The molecule has 1 saturated carbocycles. The van der Waals surface area contributed by atoms with E-state index in [0.717, 1.165) is 32.9 Å².